The van der Waals surface area contributed by atoms with Gasteiger partial charge in [-0.1, -0.05) is 19.1 Å². The molecule has 0 atom stereocenters. The van der Waals surface area contributed by atoms with Crippen LogP contribution in [0.4, 0.5) is 5.69 Å². The van der Waals surface area contributed by atoms with Gasteiger partial charge in [0.1, 0.15) is 0 Å². The van der Waals surface area contributed by atoms with Crippen LogP contribution in [0.2, 0.25) is 0 Å². The van der Waals surface area contributed by atoms with Crippen molar-refractivity contribution in [2.24, 2.45) is 10.9 Å². The van der Waals surface area contributed by atoms with Gasteiger partial charge >= 0.3 is 0 Å². The third-order valence-corrected chi connectivity index (χ3v) is 5.04. The van der Waals surface area contributed by atoms with Crippen molar-refractivity contribution in [3.63, 3.8) is 0 Å². The van der Waals surface area contributed by atoms with Crippen molar-refractivity contribution in [3.8, 4) is 0 Å². The SMILES string of the molecule is CCNC(=NCc1ccc(N2CCC(C)CC2)cc1)NCCCOCCOC. The Morgan fingerprint density at radius 3 is 2.54 bits per heavy atom. The third-order valence-electron chi connectivity index (χ3n) is 5.04. The van der Waals surface area contributed by atoms with E-state index in [0.717, 1.165) is 38.0 Å². The summed E-state index contributed by atoms with van der Waals surface area (Å²) in [6, 6.07) is 8.87. The van der Waals surface area contributed by atoms with Gasteiger partial charge in [-0.05, 0) is 49.8 Å². The highest BCUT2D eigenvalue weighted by atomic mass is 16.5. The average molecular weight is 391 g/mol. The molecular weight excluding hydrogens is 352 g/mol. The van der Waals surface area contributed by atoms with Crippen LogP contribution in [0.5, 0.6) is 0 Å². The Morgan fingerprint density at radius 2 is 1.86 bits per heavy atom. The molecule has 0 saturated carbocycles. The van der Waals surface area contributed by atoms with E-state index in [1.165, 1.54) is 37.2 Å². The van der Waals surface area contributed by atoms with Crippen LogP contribution in [-0.2, 0) is 16.0 Å². The standard InChI is InChI=1S/C22H38N4O2/c1-4-23-22(24-12-5-15-28-17-16-27-3)25-18-20-6-8-21(9-7-20)26-13-10-19(2)11-14-26/h6-9,19H,4-5,10-18H2,1-3H3,(H2,23,24,25). The summed E-state index contributed by atoms with van der Waals surface area (Å²) in [7, 11) is 1.69. The van der Waals surface area contributed by atoms with Crippen molar-refractivity contribution >= 4 is 11.6 Å². The van der Waals surface area contributed by atoms with Crippen LogP contribution >= 0.6 is 0 Å². The van der Waals surface area contributed by atoms with Crippen molar-refractivity contribution in [2.75, 3.05) is 58.0 Å². The molecule has 1 aliphatic rings. The summed E-state index contributed by atoms with van der Waals surface area (Å²) in [5.41, 5.74) is 2.56. The average Bonchev–Trinajstić information content (AvgIpc) is 2.72. The molecule has 0 radical (unpaired) electrons. The monoisotopic (exact) mass is 390 g/mol. The first kappa shape index (κ1) is 22.5. The molecule has 6 heteroatoms. The molecule has 0 spiro atoms. The number of rotatable bonds is 11. The molecule has 1 fully saturated rings. The summed E-state index contributed by atoms with van der Waals surface area (Å²) in [6.07, 6.45) is 3.53. The normalized spacial score (nSPS) is 15.7. The third kappa shape index (κ3) is 8.48. The molecule has 2 rings (SSSR count). The van der Waals surface area contributed by atoms with Crippen molar-refractivity contribution in [3.05, 3.63) is 29.8 Å². The summed E-state index contributed by atoms with van der Waals surface area (Å²) >= 11 is 0. The van der Waals surface area contributed by atoms with Gasteiger partial charge in [-0.2, -0.15) is 0 Å². The van der Waals surface area contributed by atoms with E-state index < -0.39 is 0 Å². The molecule has 0 aliphatic carbocycles. The molecular formula is C22H38N4O2. The van der Waals surface area contributed by atoms with Crippen LogP contribution in [0.1, 0.15) is 38.7 Å². The van der Waals surface area contributed by atoms with Gasteiger partial charge in [0.2, 0.25) is 0 Å². The van der Waals surface area contributed by atoms with Crippen LogP contribution in [0.15, 0.2) is 29.3 Å². The van der Waals surface area contributed by atoms with E-state index in [1.54, 1.807) is 7.11 Å². The number of nitrogens with zero attached hydrogens (tertiary/aromatic N) is 2. The minimum Gasteiger partial charge on any atom is -0.382 e. The number of methoxy groups -OCH3 is 1. The summed E-state index contributed by atoms with van der Waals surface area (Å²) in [4.78, 5) is 7.20. The van der Waals surface area contributed by atoms with E-state index in [0.29, 0.717) is 19.8 Å². The lowest BCUT2D eigenvalue weighted by Crippen LogP contribution is -2.38. The van der Waals surface area contributed by atoms with E-state index in [4.69, 9.17) is 14.5 Å². The first-order valence-electron chi connectivity index (χ1n) is 10.7. The van der Waals surface area contributed by atoms with Crippen LogP contribution in [-0.4, -0.2) is 59.1 Å². The zero-order valence-corrected chi connectivity index (χ0v) is 17.9. The minimum absolute atomic E-state index is 0.646. The maximum atomic E-state index is 5.48. The lowest BCUT2D eigenvalue weighted by atomic mass is 9.99. The molecule has 158 valence electrons. The van der Waals surface area contributed by atoms with Gasteiger partial charge in [-0.3, -0.25) is 0 Å². The molecule has 1 aromatic carbocycles. The van der Waals surface area contributed by atoms with Gasteiger partial charge in [0, 0.05) is 45.6 Å². The second-order valence-electron chi connectivity index (χ2n) is 7.42. The quantitative estimate of drug-likeness (QED) is 0.346. The van der Waals surface area contributed by atoms with Crippen LogP contribution in [0.25, 0.3) is 0 Å². The Morgan fingerprint density at radius 1 is 1.11 bits per heavy atom. The molecule has 0 unspecified atom stereocenters. The largest absolute Gasteiger partial charge is 0.382 e. The Kier molecular flexibility index (Phi) is 10.8. The molecule has 2 N–H and O–H groups in total. The van der Waals surface area contributed by atoms with Crippen LogP contribution in [0.3, 0.4) is 0 Å². The second-order valence-corrected chi connectivity index (χ2v) is 7.42. The van der Waals surface area contributed by atoms with Crippen molar-refractivity contribution in [1.82, 2.24) is 10.6 Å². The van der Waals surface area contributed by atoms with Gasteiger partial charge in [0.05, 0.1) is 19.8 Å². The highest BCUT2D eigenvalue weighted by Gasteiger charge is 2.15. The Balaban J connectivity index is 1.75. The molecule has 1 aliphatic heterocycles. The highest BCUT2D eigenvalue weighted by Crippen LogP contribution is 2.23. The zero-order chi connectivity index (χ0) is 20.0. The fourth-order valence-corrected chi connectivity index (χ4v) is 3.22. The van der Waals surface area contributed by atoms with Crippen LogP contribution < -0.4 is 15.5 Å². The van der Waals surface area contributed by atoms with Crippen molar-refractivity contribution < 1.29 is 9.47 Å². The smallest absolute Gasteiger partial charge is 0.191 e. The highest BCUT2D eigenvalue weighted by molar-refractivity contribution is 5.79. The molecule has 1 heterocycles. The van der Waals surface area contributed by atoms with Gasteiger partial charge < -0.3 is 25.0 Å². The Hall–Kier alpha value is -1.79. The Bertz CT molecular complexity index is 554. The molecule has 0 bridgehead atoms. The van der Waals surface area contributed by atoms with Gasteiger partial charge in [-0.15, -0.1) is 0 Å². The zero-order valence-electron chi connectivity index (χ0n) is 17.9. The number of guanidine groups is 1. The van der Waals surface area contributed by atoms with E-state index in [1.807, 2.05) is 0 Å². The number of ether oxygens (including phenoxy) is 2. The maximum Gasteiger partial charge on any atom is 0.191 e. The first-order valence-corrected chi connectivity index (χ1v) is 10.7. The van der Waals surface area contributed by atoms with Gasteiger partial charge in [0.25, 0.3) is 0 Å². The first-order chi connectivity index (χ1) is 13.7. The lowest BCUT2D eigenvalue weighted by molar-refractivity contribution is 0.0698. The summed E-state index contributed by atoms with van der Waals surface area (Å²) in [5.74, 6) is 1.72. The molecule has 6 nitrogen and oxygen atoms in total. The molecule has 1 aromatic rings. The topological polar surface area (TPSA) is 58.1 Å². The second kappa shape index (κ2) is 13.4. The summed E-state index contributed by atoms with van der Waals surface area (Å²) in [5, 5.41) is 6.67. The minimum atomic E-state index is 0.646. The number of piperidine rings is 1. The molecule has 28 heavy (non-hydrogen) atoms. The lowest BCUT2D eigenvalue weighted by Gasteiger charge is -2.32. The maximum absolute atomic E-state index is 5.48. The number of anilines is 1. The fraction of sp³-hybridized carbons (Fsp3) is 0.682. The van der Waals surface area contributed by atoms with E-state index in [-0.39, 0.29) is 0 Å². The number of hydrogen-bond acceptors (Lipinski definition) is 4. The number of benzene rings is 1. The van der Waals surface area contributed by atoms with Gasteiger partial charge in [-0.25, -0.2) is 4.99 Å². The summed E-state index contributed by atoms with van der Waals surface area (Å²) < 4.78 is 10.4. The molecule has 1 saturated heterocycles. The molecule has 0 aromatic heterocycles. The van der Waals surface area contributed by atoms with Crippen molar-refractivity contribution in [2.45, 2.75) is 39.7 Å². The van der Waals surface area contributed by atoms with Crippen LogP contribution in [0, 0.1) is 5.92 Å². The fourth-order valence-electron chi connectivity index (χ4n) is 3.22. The predicted octanol–water partition coefficient (Wildman–Crippen LogP) is 3.03. The Labute approximate surface area is 170 Å². The van der Waals surface area contributed by atoms with E-state index >= 15 is 0 Å². The van der Waals surface area contributed by atoms with Gasteiger partial charge in [0.15, 0.2) is 5.96 Å². The number of nitrogens with one attached hydrogen (secondary N) is 2. The number of aliphatic imine (C=N–C) groups is 1. The van der Waals surface area contributed by atoms with E-state index in [2.05, 4.69) is 53.6 Å². The predicted molar refractivity (Wildman–Crippen MR) is 117 cm³/mol. The van der Waals surface area contributed by atoms with Crippen molar-refractivity contribution in [1.29, 1.82) is 0 Å². The molecule has 0 amide bonds. The summed E-state index contributed by atoms with van der Waals surface area (Å²) in [6.45, 7) is 11.2. The number of hydrogen-bond donors (Lipinski definition) is 2. The van der Waals surface area contributed by atoms with E-state index in [9.17, 15) is 0 Å².